The molecule has 0 aliphatic carbocycles. The third kappa shape index (κ3) is 2.77. The molecule has 0 bridgehead atoms. The van der Waals surface area contributed by atoms with E-state index in [4.69, 9.17) is 6.42 Å². The molecular weight excluding hydrogens is 332 g/mol. The van der Waals surface area contributed by atoms with Gasteiger partial charge in [-0.2, -0.15) is 0 Å². The van der Waals surface area contributed by atoms with Crippen LogP contribution in [0.5, 0.6) is 0 Å². The minimum Gasteiger partial charge on any atom is -0.322 e. The summed E-state index contributed by atoms with van der Waals surface area (Å²) in [6.45, 7) is 2.44. The summed E-state index contributed by atoms with van der Waals surface area (Å²) in [6, 6.07) is 5.19. The van der Waals surface area contributed by atoms with E-state index in [1.54, 1.807) is 4.90 Å². The molecule has 1 atom stereocenters. The van der Waals surface area contributed by atoms with Gasteiger partial charge in [0, 0.05) is 38.2 Å². The van der Waals surface area contributed by atoms with Gasteiger partial charge in [-0.15, -0.1) is 6.42 Å². The van der Waals surface area contributed by atoms with Gasteiger partial charge >= 0.3 is 0 Å². The average molecular weight is 352 g/mol. The number of fused-ring (bicyclic) bond motifs is 1. The second-order valence-corrected chi connectivity index (χ2v) is 7.08. The maximum absolute atomic E-state index is 12.8. The molecule has 1 unspecified atom stereocenters. The van der Waals surface area contributed by atoms with Crippen molar-refractivity contribution in [3.05, 3.63) is 34.9 Å². The highest BCUT2D eigenvalue weighted by Crippen LogP contribution is 2.28. The van der Waals surface area contributed by atoms with Gasteiger partial charge in [-0.05, 0) is 23.6 Å². The second kappa shape index (κ2) is 6.24. The van der Waals surface area contributed by atoms with Crippen LogP contribution in [0.1, 0.15) is 34.3 Å². The molecule has 26 heavy (non-hydrogen) atoms. The Labute approximate surface area is 151 Å². The first-order chi connectivity index (χ1) is 12.5. The average Bonchev–Trinajstić information content (AvgIpc) is 2.91. The highest BCUT2D eigenvalue weighted by molar-refractivity contribution is 6.05. The fourth-order valence-electron chi connectivity index (χ4n) is 3.64. The van der Waals surface area contributed by atoms with Gasteiger partial charge in [0.1, 0.15) is 11.6 Å². The summed E-state index contributed by atoms with van der Waals surface area (Å²) in [5, 5.41) is 8.84. The summed E-state index contributed by atoms with van der Waals surface area (Å²) in [6.07, 6.45) is 6.22. The number of nitrogens with zero attached hydrogens (tertiary/aromatic N) is 1. The lowest BCUT2D eigenvalue weighted by Gasteiger charge is -2.39. The molecule has 2 saturated heterocycles. The molecule has 3 heterocycles. The topological polar surface area (TPSA) is 90.5 Å². The predicted octanol–water partition coefficient (Wildman–Crippen LogP) is -0.488. The van der Waals surface area contributed by atoms with Gasteiger partial charge in [-0.1, -0.05) is 18.1 Å². The molecule has 7 heteroatoms. The van der Waals surface area contributed by atoms with Crippen LogP contribution >= 0.6 is 0 Å². The Balaban J connectivity index is 1.48. The van der Waals surface area contributed by atoms with Crippen LogP contribution in [0.2, 0.25) is 0 Å². The number of benzene rings is 1. The maximum atomic E-state index is 12.8. The molecule has 3 aliphatic heterocycles. The largest absolute Gasteiger partial charge is 0.322 e. The summed E-state index contributed by atoms with van der Waals surface area (Å²) in [7, 11) is 0. The molecule has 1 aromatic carbocycles. The fourth-order valence-corrected chi connectivity index (χ4v) is 3.64. The summed E-state index contributed by atoms with van der Waals surface area (Å²) in [5.74, 6) is 1.95. The van der Waals surface area contributed by atoms with E-state index in [2.05, 4.69) is 21.9 Å². The van der Waals surface area contributed by atoms with E-state index >= 15 is 0 Å². The lowest BCUT2D eigenvalue weighted by Crippen LogP contribution is -2.66. The number of hydrogen-bond acceptors (Lipinski definition) is 5. The van der Waals surface area contributed by atoms with Gasteiger partial charge in [0.2, 0.25) is 11.8 Å². The van der Waals surface area contributed by atoms with Crippen LogP contribution in [0, 0.1) is 12.3 Å². The highest BCUT2D eigenvalue weighted by Gasteiger charge is 2.39. The number of carbonyl (C=O) groups is 3. The van der Waals surface area contributed by atoms with Gasteiger partial charge < -0.3 is 10.2 Å². The van der Waals surface area contributed by atoms with Crippen molar-refractivity contribution in [3.63, 3.8) is 0 Å². The Morgan fingerprint density at radius 3 is 2.77 bits per heavy atom. The number of rotatable bonds is 4. The highest BCUT2D eigenvalue weighted by atomic mass is 16.2. The van der Waals surface area contributed by atoms with Crippen molar-refractivity contribution in [2.24, 2.45) is 0 Å². The minimum absolute atomic E-state index is 0.159. The fraction of sp³-hybridized carbons (Fsp3) is 0.421. The molecule has 2 fully saturated rings. The molecule has 4 rings (SSSR count). The zero-order valence-electron chi connectivity index (χ0n) is 14.3. The summed E-state index contributed by atoms with van der Waals surface area (Å²) in [5.41, 5.74) is 2.18. The number of carbonyl (C=O) groups excluding carboxylic acids is 3. The van der Waals surface area contributed by atoms with Crippen molar-refractivity contribution in [1.29, 1.82) is 0 Å². The minimum atomic E-state index is -0.583. The van der Waals surface area contributed by atoms with E-state index in [1.807, 2.05) is 18.2 Å². The van der Waals surface area contributed by atoms with Gasteiger partial charge in [0.05, 0.1) is 0 Å². The van der Waals surface area contributed by atoms with E-state index in [0.29, 0.717) is 25.1 Å². The molecule has 0 saturated carbocycles. The third-order valence-electron chi connectivity index (χ3n) is 5.35. The van der Waals surface area contributed by atoms with Crippen molar-refractivity contribution in [3.8, 4) is 12.3 Å². The lowest BCUT2D eigenvalue weighted by molar-refractivity contribution is -0.136. The number of piperidine rings is 1. The van der Waals surface area contributed by atoms with E-state index < -0.39 is 11.9 Å². The number of amides is 3. The zero-order chi connectivity index (χ0) is 18.3. The number of nitrogens with one attached hydrogen (secondary N) is 3. The van der Waals surface area contributed by atoms with Crippen LogP contribution in [0.15, 0.2) is 18.2 Å². The third-order valence-corrected chi connectivity index (χ3v) is 5.35. The van der Waals surface area contributed by atoms with Crippen LogP contribution < -0.4 is 16.0 Å². The van der Waals surface area contributed by atoms with E-state index in [0.717, 1.165) is 24.2 Å². The van der Waals surface area contributed by atoms with Gasteiger partial charge in [-0.25, -0.2) is 0 Å². The standard InChI is InChI=1S/C19H20N4O3/c1-2-19(10-20-11-19)21-8-12-3-4-13-9-23(18(26)14(13)7-12)15-5-6-16(24)22-17(15)25/h1,3-4,7,15,20-21H,5-6,8-11H2,(H,22,24,25). The monoisotopic (exact) mass is 352 g/mol. The number of imide groups is 1. The van der Waals surface area contributed by atoms with Gasteiger partial charge in [0.15, 0.2) is 0 Å². The number of hydrogen-bond donors (Lipinski definition) is 3. The Bertz CT molecular complexity index is 838. The zero-order valence-corrected chi connectivity index (χ0v) is 14.3. The van der Waals surface area contributed by atoms with E-state index in [1.165, 1.54) is 0 Å². The normalized spacial score (nSPS) is 23.9. The maximum Gasteiger partial charge on any atom is 0.255 e. The van der Waals surface area contributed by atoms with Crippen molar-refractivity contribution in [1.82, 2.24) is 20.9 Å². The molecular formula is C19H20N4O3. The van der Waals surface area contributed by atoms with Gasteiger partial charge in [-0.3, -0.25) is 25.0 Å². The number of terminal acetylenes is 1. The summed E-state index contributed by atoms with van der Waals surface area (Å²) < 4.78 is 0. The van der Waals surface area contributed by atoms with Crippen molar-refractivity contribution in [2.45, 2.75) is 37.5 Å². The summed E-state index contributed by atoms with van der Waals surface area (Å²) in [4.78, 5) is 37.8. The molecule has 134 valence electrons. The quantitative estimate of drug-likeness (QED) is 0.503. The molecule has 7 nitrogen and oxygen atoms in total. The Kier molecular flexibility index (Phi) is 4.02. The second-order valence-electron chi connectivity index (χ2n) is 7.08. The first-order valence-electron chi connectivity index (χ1n) is 8.71. The first-order valence-corrected chi connectivity index (χ1v) is 8.71. The van der Waals surface area contributed by atoms with Crippen molar-refractivity contribution >= 4 is 17.7 Å². The van der Waals surface area contributed by atoms with Crippen LogP contribution in [0.3, 0.4) is 0 Å². The van der Waals surface area contributed by atoms with Crippen molar-refractivity contribution in [2.75, 3.05) is 13.1 Å². The molecule has 3 aliphatic rings. The SMILES string of the molecule is C#CC1(NCc2ccc3c(c2)C(=O)N(C2CCC(=O)NC2=O)C3)CNC1. The molecule has 0 spiro atoms. The molecule has 3 amide bonds. The summed E-state index contributed by atoms with van der Waals surface area (Å²) >= 11 is 0. The van der Waals surface area contributed by atoms with Crippen LogP contribution in [0.4, 0.5) is 0 Å². The van der Waals surface area contributed by atoms with E-state index in [-0.39, 0.29) is 23.8 Å². The molecule has 0 radical (unpaired) electrons. The Hall–Kier alpha value is -2.69. The Morgan fingerprint density at radius 2 is 2.12 bits per heavy atom. The lowest BCUT2D eigenvalue weighted by atomic mass is 9.93. The van der Waals surface area contributed by atoms with Crippen LogP contribution in [-0.4, -0.2) is 47.3 Å². The van der Waals surface area contributed by atoms with Gasteiger partial charge in [0.25, 0.3) is 5.91 Å². The van der Waals surface area contributed by atoms with Crippen molar-refractivity contribution < 1.29 is 14.4 Å². The van der Waals surface area contributed by atoms with Crippen LogP contribution in [0.25, 0.3) is 0 Å². The first kappa shape index (κ1) is 16.8. The molecule has 0 aromatic heterocycles. The van der Waals surface area contributed by atoms with E-state index in [9.17, 15) is 14.4 Å². The Morgan fingerprint density at radius 1 is 1.31 bits per heavy atom. The molecule has 3 N–H and O–H groups in total. The predicted molar refractivity (Wildman–Crippen MR) is 93.8 cm³/mol. The smallest absolute Gasteiger partial charge is 0.255 e. The molecule has 1 aromatic rings. The van der Waals surface area contributed by atoms with Crippen LogP contribution in [-0.2, 0) is 22.7 Å².